The summed E-state index contributed by atoms with van der Waals surface area (Å²) in [4.78, 5) is 5.66. The number of nitrogens with one attached hydrogen (secondary N) is 1. The molecule has 1 N–H and O–H groups in total. The van der Waals surface area contributed by atoms with E-state index in [0.717, 1.165) is 37.9 Å². The van der Waals surface area contributed by atoms with E-state index in [1.165, 1.54) is 11.8 Å². The number of aryl methyl sites for hydroxylation is 1. The largest absolute Gasteiger partial charge is 0.329 e. The second-order valence-electron chi connectivity index (χ2n) is 7.01. The summed E-state index contributed by atoms with van der Waals surface area (Å²) >= 11 is 1.53. The molecule has 0 saturated carbocycles. The summed E-state index contributed by atoms with van der Waals surface area (Å²) < 4.78 is 30.9. The van der Waals surface area contributed by atoms with Crippen LogP contribution in [0.3, 0.4) is 0 Å². The molecule has 28 heavy (non-hydrogen) atoms. The third kappa shape index (κ3) is 3.82. The number of benzene rings is 2. The predicted molar refractivity (Wildman–Crippen MR) is 115 cm³/mol. The molecule has 1 aromatic heterocycles. The molecule has 0 saturated heterocycles. The van der Waals surface area contributed by atoms with E-state index in [2.05, 4.69) is 9.71 Å². The van der Waals surface area contributed by atoms with Crippen LogP contribution in [0.5, 0.6) is 0 Å². The third-order valence-electron chi connectivity index (χ3n) is 5.29. The first-order valence-electron chi connectivity index (χ1n) is 8.97. The Bertz CT molecular complexity index is 1100. The zero-order chi connectivity index (χ0) is 20.6. The van der Waals surface area contributed by atoms with Crippen molar-refractivity contribution in [1.82, 2.24) is 9.55 Å². The SMILES string of the molecule is Cc1c(C)c(C)c(S(=O)(=O)Nc2ccc(Sc3nccn3C)cc2)c(C)c1C. The molecule has 0 aliphatic carbocycles. The zero-order valence-corrected chi connectivity index (χ0v) is 18.6. The lowest BCUT2D eigenvalue weighted by atomic mass is 9.95. The molecule has 0 unspecified atom stereocenters. The lowest BCUT2D eigenvalue weighted by Gasteiger charge is -2.19. The van der Waals surface area contributed by atoms with E-state index >= 15 is 0 Å². The average molecular weight is 416 g/mol. The Morgan fingerprint density at radius 2 is 1.43 bits per heavy atom. The van der Waals surface area contributed by atoms with Crippen LogP contribution in [0.15, 0.2) is 51.6 Å². The van der Waals surface area contributed by atoms with E-state index in [9.17, 15) is 8.42 Å². The van der Waals surface area contributed by atoms with Crippen molar-refractivity contribution in [3.63, 3.8) is 0 Å². The van der Waals surface area contributed by atoms with Crippen LogP contribution in [-0.4, -0.2) is 18.0 Å². The molecule has 0 spiro atoms. The summed E-state index contributed by atoms with van der Waals surface area (Å²) in [5, 5.41) is 0.880. The normalized spacial score (nSPS) is 11.6. The second kappa shape index (κ2) is 7.64. The van der Waals surface area contributed by atoms with Crippen LogP contribution in [0.4, 0.5) is 5.69 Å². The van der Waals surface area contributed by atoms with Crippen molar-refractivity contribution in [3.05, 3.63) is 64.5 Å². The quantitative estimate of drug-likeness (QED) is 0.643. The molecule has 0 fully saturated rings. The van der Waals surface area contributed by atoms with E-state index in [4.69, 9.17) is 0 Å². The van der Waals surface area contributed by atoms with Gasteiger partial charge in [0.25, 0.3) is 10.0 Å². The molecule has 5 nitrogen and oxygen atoms in total. The van der Waals surface area contributed by atoms with E-state index in [-0.39, 0.29) is 0 Å². The minimum Gasteiger partial charge on any atom is -0.329 e. The summed E-state index contributed by atoms with van der Waals surface area (Å²) in [6.45, 7) is 9.72. The maximum atomic E-state index is 13.1. The molecule has 2 aromatic carbocycles. The number of anilines is 1. The molecule has 3 rings (SSSR count). The van der Waals surface area contributed by atoms with E-state index in [1.807, 2.05) is 64.6 Å². The fraction of sp³-hybridized carbons (Fsp3) is 0.286. The maximum Gasteiger partial charge on any atom is 0.262 e. The summed E-state index contributed by atoms with van der Waals surface area (Å²) in [5.74, 6) is 0. The minimum absolute atomic E-state index is 0.375. The fourth-order valence-corrected chi connectivity index (χ4v) is 5.68. The van der Waals surface area contributed by atoms with Gasteiger partial charge >= 0.3 is 0 Å². The highest BCUT2D eigenvalue weighted by Crippen LogP contribution is 2.32. The molecule has 0 radical (unpaired) electrons. The molecule has 0 aliphatic rings. The summed E-state index contributed by atoms with van der Waals surface area (Å²) in [6.07, 6.45) is 3.64. The highest BCUT2D eigenvalue weighted by molar-refractivity contribution is 7.99. The van der Waals surface area contributed by atoms with Gasteiger partial charge in [0.1, 0.15) is 0 Å². The van der Waals surface area contributed by atoms with Crippen LogP contribution in [-0.2, 0) is 17.1 Å². The van der Waals surface area contributed by atoms with Crippen LogP contribution in [0.1, 0.15) is 27.8 Å². The van der Waals surface area contributed by atoms with Gasteiger partial charge in [0.15, 0.2) is 5.16 Å². The van der Waals surface area contributed by atoms with Gasteiger partial charge in [0.2, 0.25) is 0 Å². The lowest BCUT2D eigenvalue weighted by molar-refractivity contribution is 0.599. The van der Waals surface area contributed by atoms with Gasteiger partial charge in [0, 0.05) is 30.0 Å². The first kappa shape index (κ1) is 20.5. The summed E-state index contributed by atoms with van der Waals surface area (Å²) in [6, 6.07) is 7.34. The van der Waals surface area contributed by atoms with E-state index in [0.29, 0.717) is 10.6 Å². The van der Waals surface area contributed by atoms with Crippen LogP contribution in [0, 0.1) is 34.6 Å². The van der Waals surface area contributed by atoms with Gasteiger partial charge < -0.3 is 4.57 Å². The van der Waals surface area contributed by atoms with Crippen molar-refractivity contribution >= 4 is 27.5 Å². The first-order valence-corrected chi connectivity index (χ1v) is 11.3. The van der Waals surface area contributed by atoms with Gasteiger partial charge in [0.05, 0.1) is 4.90 Å². The van der Waals surface area contributed by atoms with Crippen molar-refractivity contribution < 1.29 is 8.42 Å². The number of aromatic nitrogens is 2. The zero-order valence-electron chi connectivity index (χ0n) is 17.0. The molecule has 0 aliphatic heterocycles. The molecular formula is C21H25N3O2S2. The Morgan fingerprint density at radius 3 is 1.93 bits per heavy atom. The Kier molecular flexibility index (Phi) is 5.59. The first-order chi connectivity index (χ1) is 13.1. The summed E-state index contributed by atoms with van der Waals surface area (Å²) in [7, 11) is -1.74. The van der Waals surface area contributed by atoms with Crippen LogP contribution in [0.25, 0.3) is 0 Å². The van der Waals surface area contributed by atoms with Gasteiger partial charge in [-0.1, -0.05) is 11.8 Å². The minimum atomic E-state index is -3.68. The lowest BCUT2D eigenvalue weighted by Crippen LogP contribution is -2.17. The third-order valence-corrected chi connectivity index (χ3v) is 8.03. The molecule has 7 heteroatoms. The molecule has 0 amide bonds. The topological polar surface area (TPSA) is 64.0 Å². The molecule has 148 valence electrons. The van der Waals surface area contributed by atoms with Gasteiger partial charge in [-0.25, -0.2) is 13.4 Å². The predicted octanol–water partition coefficient (Wildman–Crippen LogP) is 4.91. The van der Waals surface area contributed by atoms with Gasteiger partial charge in [-0.3, -0.25) is 4.72 Å². The Labute approximate surface area is 171 Å². The van der Waals surface area contributed by atoms with Gasteiger partial charge in [-0.05, 0) is 86.7 Å². The van der Waals surface area contributed by atoms with Crippen molar-refractivity contribution in [3.8, 4) is 0 Å². The highest BCUT2D eigenvalue weighted by atomic mass is 32.2. The van der Waals surface area contributed by atoms with Crippen molar-refractivity contribution in [2.45, 2.75) is 49.6 Å². The standard InChI is InChI=1S/C21H25N3O2S2/c1-13-14(2)16(4)20(17(5)15(13)3)28(25,26)23-18-7-9-19(10-8-18)27-21-22-11-12-24(21)6/h7-12,23H,1-6H3. The fourth-order valence-electron chi connectivity index (χ4n) is 3.22. The average Bonchev–Trinajstić information content (AvgIpc) is 3.04. The molecular weight excluding hydrogens is 390 g/mol. The van der Waals surface area contributed by atoms with Crippen LogP contribution >= 0.6 is 11.8 Å². The van der Waals surface area contributed by atoms with Crippen molar-refractivity contribution in [2.75, 3.05) is 4.72 Å². The van der Waals surface area contributed by atoms with Crippen LogP contribution < -0.4 is 4.72 Å². The van der Waals surface area contributed by atoms with E-state index in [1.54, 1.807) is 18.3 Å². The smallest absolute Gasteiger partial charge is 0.262 e. The molecule has 1 heterocycles. The Morgan fingerprint density at radius 1 is 0.893 bits per heavy atom. The van der Waals surface area contributed by atoms with E-state index < -0.39 is 10.0 Å². The number of imidazole rings is 1. The number of rotatable bonds is 5. The number of hydrogen-bond acceptors (Lipinski definition) is 4. The monoisotopic (exact) mass is 415 g/mol. The van der Waals surface area contributed by atoms with Crippen LogP contribution in [0.2, 0.25) is 0 Å². The number of hydrogen-bond donors (Lipinski definition) is 1. The van der Waals surface area contributed by atoms with Crippen molar-refractivity contribution in [2.24, 2.45) is 7.05 Å². The second-order valence-corrected chi connectivity index (χ2v) is 9.67. The number of nitrogens with zero attached hydrogens (tertiary/aromatic N) is 2. The molecule has 0 atom stereocenters. The Hall–Kier alpha value is -2.25. The van der Waals surface area contributed by atoms with Gasteiger partial charge in [-0.2, -0.15) is 0 Å². The maximum absolute atomic E-state index is 13.1. The Balaban J connectivity index is 1.88. The number of sulfonamides is 1. The molecule has 0 bridgehead atoms. The summed E-state index contributed by atoms with van der Waals surface area (Å²) in [5.41, 5.74) is 5.32. The van der Waals surface area contributed by atoms with Gasteiger partial charge in [-0.15, -0.1) is 0 Å². The highest BCUT2D eigenvalue weighted by Gasteiger charge is 2.23. The van der Waals surface area contributed by atoms with Crippen molar-refractivity contribution in [1.29, 1.82) is 0 Å². The molecule has 3 aromatic rings.